The van der Waals surface area contributed by atoms with Crippen LogP contribution in [0, 0.1) is 46.3 Å². The molecular weight excluding hydrogens is 338 g/mol. The summed E-state index contributed by atoms with van der Waals surface area (Å²) in [6.07, 6.45) is 17.4. The molecule has 164 valence electrons. The SMILES string of the molecule is CC(C)CCCC(C)C1CCC2C3CCCC(C)(CCC(C)N)C3CCC12C. The Morgan fingerprint density at radius 1 is 0.857 bits per heavy atom. The minimum absolute atomic E-state index is 0.369. The number of nitrogens with two attached hydrogens (primary N) is 1. The number of fused-ring (bicyclic) bond motifs is 3. The van der Waals surface area contributed by atoms with E-state index in [1.165, 1.54) is 77.0 Å². The summed E-state index contributed by atoms with van der Waals surface area (Å²) >= 11 is 0. The summed E-state index contributed by atoms with van der Waals surface area (Å²) in [5.41, 5.74) is 7.36. The smallest absolute Gasteiger partial charge is 0.00106 e. The molecule has 0 heterocycles. The third kappa shape index (κ3) is 4.50. The van der Waals surface area contributed by atoms with E-state index in [0.717, 1.165) is 35.5 Å². The van der Waals surface area contributed by atoms with Crippen molar-refractivity contribution in [1.82, 2.24) is 0 Å². The number of rotatable bonds is 8. The highest BCUT2D eigenvalue weighted by molar-refractivity contribution is 5.07. The fraction of sp³-hybridized carbons (Fsp3) is 1.00. The quantitative estimate of drug-likeness (QED) is 0.450. The summed E-state index contributed by atoms with van der Waals surface area (Å²) < 4.78 is 0. The molecule has 3 aliphatic carbocycles. The Hall–Kier alpha value is -0.0400. The first-order valence-corrected chi connectivity index (χ1v) is 12.9. The van der Waals surface area contributed by atoms with Gasteiger partial charge in [0.05, 0.1) is 0 Å². The largest absolute Gasteiger partial charge is 0.328 e. The second-order valence-electron chi connectivity index (χ2n) is 12.5. The van der Waals surface area contributed by atoms with Gasteiger partial charge in [-0.2, -0.15) is 0 Å². The van der Waals surface area contributed by atoms with E-state index in [1.54, 1.807) is 0 Å². The van der Waals surface area contributed by atoms with Crippen molar-refractivity contribution in [3.05, 3.63) is 0 Å². The molecule has 0 saturated heterocycles. The summed E-state index contributed by atoms with van der Waals surface area (Å²) in [4.78, 5) is 0. The van der Waals surface area contributed by atoms with Crippen molar-refractivity contribution < 1.29 is 0 Å². The Bertz CT molecular complexity index is 496. The van der Waals surface area contributed by atoms with Crippen LogP contribution in [0.4, 0.5) is 0 Å². The van der Waals surface area contributed by atoms with Gasteiger partial charge >= 0.3 is 0 Å². The van der Waals surface area contributed by atoms with Crippen molar-refractivity contribution in [2.45, 2.75) is 125 Å². The average molecular weight is 390 g/mol. The van der Waals surface area contributed by atoms with Gasteiger partial charge in [-0.25, -0.2) is 0 Å². The molecule has 8 unspecified atom stereocenters. The van der Waals surface area contributed by atoms with Crippen molar-refractivity contribution >= 4 is 0 Å². The lowest BCUT2D eigenvalue weighted by Gasteiger charge is -2.57. The second kappa shape index (κ2) is 8.99. The second-order valence-corrected chi connectivity index (χ2v) is 12.5. The van der Waals surface area contributed by atoms with Gasteiger partial charge in [-0.3, -0.25) is 0 Å². The van der Waals surface area contributed by atoms with Crippen LogP contribution in [0.1, 0.15) is 119 Å². The molecule has 0 radical (unpaired) electrons. The van der Waals surface area contributed by atoms with E-state index in [2.05, 4.69) is 41.5 Å². The van der Waals surface area contributed by atoms with E-state index in [0.29, 0.717) is 16.9 Å². The normalized spacial score (nSPS) is 42.9. The Morgan fingerprint density at radius 2 is 1.61 bits per heavy atom. The first kappa shape index (κ1) is 22.6. The molecule has 1 heteroatoms. The molecule has 28 heavy (non-hydrogen) atoms. The Morgan fingerprint density at radius 3 is 2.29 bits per heavy atom. The fourth-order valence-electron chi connectivity index (χ4n) is 8.37. The first-order chi connectivity index (χ1) is 13.2. The average Bonchev–Trinajstić information content (AvgIpc) is 2.97. The van der Waals surface area contributed by atoms with Crippen molar-refractivity contribution in [1.29, 1.82) is 0 Å². The van der Waals surface area contributed by atoms with Crippen LogP contribution in [0.25, 0.3) is 0 Å². The molecule has 3 aliphatic rings. The number of hydrogen-bond acceptors (Lipinski definition) is 1. The monoisotopic (exact) mass is 389 g/mol. The van der Waals surface area contributed by atoms with Gasteiger partial charge in [-0.1, -0.05) is 60.3 Å². The molecule has 0 bridgehead atoms. The zero-order valence-corrected chi connectivity index (χ0v) is 20.1. The van der Waals surface area contributed by atoms with E-state index in [1.807, 2.05) is 0 Å². The van der Waals surface area contributed by atoms with E-state index >= 15 is 0 Å². The molecule has 0 aliphatic heterocycles. The molecule has 0 aromatic heterocycles. The van der Waals surface area contributed by atoms with Crippen LogP contribution in [-0.2, 0) is 0 Å². The van der Waals surface area contributed by atoms with Crippen LogP contribution in [0.2, 0.25) is 0 Å². The van der Waals surface area contributed by atoms with Crippen LogP contribution >= 0.6 is 0 Å². The minimum Gasteiger partial charge on any atom is -0.328 e. The molecule has 0 spiro atoms. The summed E-state index contributed by atoms with van der Waals surface area (Å²) in [7, 11) is 0. The maximum Gasteiger partial charge on any atom is 0.00106 e. The van der Waals surface area contributed by atoms with E-state index in [9.17, 15) is 0 Å². The van der Waals surface area contributed by atoms with Crippen LogP contribution in [0.5, 0.6) is 0 Å². The summed E-state index contributed by atoms with van der Waals surface area (Å²) in [5, 5.41) is 0. The highest BCUT2D eigenvalue weighted by atomic mass is 14.6. The van der Waals surface area contributed by atoms with Crippen LogP contribution in [0.3, 0.4) is 0 Å². The standard InChI is InChI=1S/C27H51N/c1-19(2)9-7-10-20(3)23-12-13-25-22-11-8-16-26(5,17-14-21(4)28)24(22)15-18-27(23,25)6/h19-25H,7-18,28H2,1-6H3. The lowest BCUT2D eigenvalue weighted by atomic mass is 9.48. The molecule has 1 nitrogen and oxygen atoms in total. The molecule has 3 saturated carbocycles. The zero-order valence-electron chi connectivity index (χ0n) is 20.1. The lowest BCUT2D eigenvalue weighted by molar-refractivity contribution is -0.0782. The first-order valence-electron chi connectivity index (χ1n) is 12.9. The van der Waals surface area contributed by atoms with Crippen molar-refractivity contribution in [3.63, 3.8) is 0 Å². The van der Waals surface area contributed by atoms with E-state index in [4.69, 9.17) is 5.73 Å². The van der Waals surface area contributed by atoms with Gasteiger partial charge in [-0.05, 0) is 105 Å². The predicted octanol–water partition coefficient (Wildman–Crippen LogP) is 7.83. The predicted molar refractivity (Wildman–Crippen MR) is 123 cm³/mol. The van der Waals surface area contributed by atoms with Crippen LogP contribution in [0.15, 0.2) is 0 Å². The molecule has 2 N–H and O–H groups in total. The summed E-state index contributed by atoms with van der Waals surface area (Å²) in [5.74, 6) is 5.79. The zero-order chi connectivity index (χ0) is 20.5. The molecule has 8 atom stereocenters. The number of hydrogen-bond donors (Lipinski definition) is 1. The topological polar surface area (TPSA) is 26.0 Å². The minimum atomic E-state index is 0.369. The van der Waals surface area contributed by atoms with Gasteiger partial charge in [-0.15, -0.1) is 0 Å². The lowest BCUT2D eigenvalue weighted by Crippen LogP contribution is -2.49. The third-order valence-corrected chi connectivity index (χ3v) is 9.99. The van der Waals surface area contributed by atoms with E-state index in [-0.39, 0.29) is 0 Å². The van der Waals surface area contributed by atoms with Crippen LogP contribution in [-0.4, -0.2) is 6.04 Å². The van der Waals surface area contributed by atoms with Crippen LogP contribution < -0.4 is 5.73 Å². The summed E-state index contributed by atoms with van der Waals surface area (Å²) in [6, 6.07) is 0.369. The fourth-order valence-corrected chi connectivity index (χ4v) is 8.37. The van der Waals surface area contributed by atoms with Gasteiger partial charge in [0, 0.05) is 6.04 Å². The maximum atomic E-state index is 6.15. The van der Waals surface area contributed by atoms with Gasteiger partial charge in [0.2, 0.25) is 0 Å². The molecular formula is C27H51N. The Labute approximate surface area is 177 Å². The molecule has 0 aromatic carbocycles. The van der Waals surface area contributed by atoms with Gasteiger partial charge in [0.15, 0.2) is 0 Å². The molecule has 0 amide bonds. The van der Waals surface area contributed by atoms with Gasteiger partial charge in [0.25, 0.3) is 0 Å². The van der Waals surface area contributed by atoms with Crippen molar-refractivity contribution in [2.75, 3.05) is 0 Å². The third-order valence-electron chi connectivity index (χ3n) is 9.99. The van der Waals surface area contributed by atoms with Crippen molar-refractivity contribution in [3.8, 4) is 0 Å². The Balaban J connectivity index is 1.68. The Kier molecular flexibility index (Phi) is 7.27. The molecule has 0 aromatic rings. The molecule has 3 fully saturated rings. The summed E-state index contributed by atoms with van der Waals surface area (Å²) in [6.45, 7) is 14.9. The van der Waals surface area contributed by atoms with Crippen molar-refractivity contribution in [2.24, 2.45) is 52.1 Å². The maximum absolute atomic E-state index is 6.15. The van der Waals surface area contributed by atoms with Gasteiger partial charge < -0.3 is 5.73 Å². The molecule has 3 rings (SSSR count). The highest BCUT2D eigenvalue weighted by Gasteiger charge is 2.57. The highest BCUT2D eigenvalue weighted by Crippen LogP contribution is 2.66. The van der Waals surface area contributed by atoms with E-state index < -0.39 is 0 Å². The van der Waals surface area contributed by atoms with Gasteiger partial charge in [0.1, 0.15) is 0 Å².